The molecule has 0 aliphatic rings. The van der Waals surface area contributed by atoms with Crippen LogP contribution < -0.4 is 5.32 Å². The highest BCUT2D eigenvalue weighted by molar-refractivity contribution is 5.86. The van der Waals surface area contributed by atoms with Crippen molar-refractivity contribution in [3.63, 3.8) is 0 Å². The largest absolute Gasteiger partial charge is 0.361 e. The van der Waals surface area contributed by atoms with Gasteiger partial charge < -0.3 is 15.2 Å². The molecule has 0 radical (unpaired) electrons. The molecule has 0 aliphatic carbocycles. The molecule has 1 heterocycles. The summed E-state index contributed by atoms with van der Waals surface area (Å²) in [6.45, 7) is 9.59. The summed E-state index contributed by atoms with van der Waals surface area (Å²) in [4.78, 5) is 18.6. The van der Waals surface area contributed by atoms with Gasteiger partial charge in [0.2, 0.25) is 5.91 Å². The Bertz CT molecular complexity index is 962. The van der Waals surface area contributed by atoms with E-state index in [-0.39, 0.29) is 23.7 Å². The van der Waals surface area contributed by atoms with Crippen LogP contribution in [0.3, 0.4) is 0 Å². The van der Waals surface area contributed by atoms with Gasteiger partial charge in [0.05, 0.1) is 0 Å². The Balaban J connectivity index is 1.70. The Morgan fingerprint density at radius 3 is 2.52 bits per heavy atom. The van der Waals surface area contributed by atoms with Gasteiger partial charge in [-0.05, 0) is 68.7 Å². The molecular weight excluding hydrogens is 389 g/mol. The summed E-state index contributed by atoms with van der Waals surface area (Å²) in [5, 5.41) is 4.26. The van der Waals surface area contributed by atoms with Crippen molar-refractivity contribution in [1.82, 2.24) is 15.2 Å². The molecule has 166 valence electrons. The number of amides is 1. The summed E-state index contributed by atoms with van der Waals surface area (Å²) in [5.74, 6) is -0.387. The van der Waals surface area contributed by atoms with E-state index in [0.29, 0.717) is 6.42 Å². The molecule has 0 saturated heterocycles. The Morgan fingerprint density at radius 2 is 1.81 bits per heavy atom. The lowest BCUT2D eigenvalue weighted by Crippen LogP contribution is -2.34. The number of halogens is 1. The van der Waals surface area contributed by atoms with Crippen LogP contribution in [-0.2, 0) is 4.79 Å². The fourth-order valence-electron chi connectivity index (χ4n) is 4.24. The summed E-state index contributed by atoms with van der Waals surface area (Å²) in [6.07, 6.45) is 4.32. The topological polar surface area (TPSA) is 48.1 Å². The lowest BCUT2D eigenvalue weighted by Gasteiger charge is -2.21. The van der Waals surface area contributed by atoms with Crippen LogP contribution in [0.5, 0.6) is 0 Å². The van der Waals surface area contributed by atoms with Gasteiger partial charge in [-0.25, -0.2) is 4.39 Å². The Morgan fingerprint density at radius 1 is 1.10 bits per heavy atom. The number of aromatic amines is 1. The number of nitrogens with zero attached hydrogens (tertiary/aromatic N) is 1. The highest BCUT2D eigenvalue weighted by Gasteiger charge is 2.22. The molecule has 1 amide bonds. The number of H-pyrrole nitrogens is 1. The minimum Gasteiger partial charge on any atom is -0.361 e. The molecule has 2 unspecified atom stereocenters. The summed E-state index contributed by atoms with van der Waals surface area (Å²) >= 11 is 0. The minimum atomic E-state index is -0.271. The SMILES string of the molecule is CCN(CC)CCCC(C)NC(=O)CC(c1ccc(F)cc1)c1c[nH]c2ccccc12. The van der Waals surface area contributed by atoms with Crippen molar-refractivity contribution in [1.29, 1.82) is 0 Å². The lowest BCUT2D eigenvalue weighted by atomic mass is 9.88. The summed E-state index contributed by atoms with van der Waals surface area (Å²) in [5.41, 5.74) is 3.04. The lowest BCUT2D eigenvalue weighted by molar-refractivity contribution is -0.121. The fourth-order valence-corrected chi connectivity index (χ4v) is 4.24. The second-order valence-corrected chi connectivity index (χ2v) is 8.24. The third-order valence-corrected chi connectivity index (χ3v) is 6.07. The van der Waals surface area contributed by atoms with E-state index in [1.54, 1.807) is 12.1 Å². The molecule has 5 heteroatoms. The van der Waals surface area contributed by atoms with E-state index in [1.165, 1.54) is 12.1 Å². The molecule has 0 aliphatic heterocycles. The van der Waals surface area contributed by atoms with Gasteiger partial charge >= 0.3 is 0 Å². The van der Waals surface area contributed by atoms with Crippen LogP contribution in [0, 0.1) is 5.82 Å². The van der Waals surface area contributed by atoms with Gasteiger partial charge in [-0.3, -0.25) is 4.79 Å². The number of aromatic nitrogens is 1. The van der Waals surface area contributed by atoms with E-state index in [9.17, 15) is 9.18 Å². The maximum Gasteiger partial charge on any atom is 0.221 e. The quantitative estimate of drug-likeness (QED) is 0.430. The Labute approximate surface area is 184 Å². The Hall–Kier alpha value is -2.66. The second kappa shape index (κ2) is 11.1. The van der Waals surface area contributed by atoms with Crippen molar-refractivity contribution in [2.45, 2.75) is 52.0 Å². The van der Waals surface area contributed by atoms with Crippen LogP contribution >= 0.6 is 0 Å². The average Bonchev–Trinajstić information content (AvgIpc) is 3.20. The minimum absolute atomic E-state index is 0.0231. The third kappa shape index (κ3) is 6.17. The molecule has 1 aromatic heterocycles. The van der Waals surface area contributed by atoms with Crippen LogP contribution in [0.1, 0.15) is 57.1 Å². The van der Waals surface area contributed by atoms with Crippen molar-refractivity contribution < 1.29 is 9.18 Å². The van der Waals surface area contributed by atoms with Crippen molar-refractivity contribution in [3.8, 4) is 0 Å². The third-order valence-electron chi connectivity index (χ3n) is 6.07. The molecule has 0 fully saturated rings. The first-order chi connectivity index (χ1) is 15.0. The molecule has 3 aromatic rings. The zero-order chi connectivity index (χ0) is 22.2. The number of fused-ring (bicyclic) bond motifs is 1. The first kappa shape index (κ1) is 23.0. The molecule has 3 rings (SSSR count). The normalized spacial score (nSPS) is 13.5. The zero-order valence-electron chi connectivity index (χ0n) is 18.8. The van der Waals surface area contributed by atoms with Crippen molar-refractivity contribution in [3.05, 3.63) is 71.7 Å². The maximum absolute atomic E-state index is 13.5. The summed E-state index contributed by atoms with van der Waals surface area (Å²) in [6, 6.07) is 14.7. The predicted molar refractivity (Wildman–Crippen MR) is 126 cm³/mol. The van der Waals surface area contributed by atoms with E-state index >= 15 is 0 Å². The number of carbonyl (C=O) groups excluding carboxylic acids is 1. The van der Waals surface area contributed by atoms with Crippen molar-refractivity contribution in [2.75, 3.05) is 19.6 Å². The van der Waals surface area contributed by atoms with Crippen LogP contribution in [0.4, 0.5) is 4.39 Å². The van der Waals surface area contributed by atoms with Crippen molar-refractivity contribution in [2.24, 2.45) is 0 Å². The summed E-state index contributed by atoms with van der Waals surface area (Å²) < 4.78 is 13.5. The van der Waals surface area contributed by atoms with E-state index < -0.39 is 0 Å². The van der Waals surface area contributed by atoms with Crippen LogP contribution in [0.25, 0.3) is 10.9 Å². The number of para-hydroxylation sites is 1. The zero-order valence-corrected chi connectivity index (χ0v) is 18.8. The van der Waals surface area contributed by atoms with Gasteiger partial charge in [0, 0.05) is 35.5 Å². The van der Waals surface area contributed by atoms with Gasteiger partial charge in [0.15, 0.2) is 0 Å². The Kier molecular flexibility index (Phi) is 8.24. The first-order valence-corrected chi connectivity index (χ1v) is 11.3. The van der Waals surface area contributed by atoms with Crippen LogP contribution in [-0.4, -0.2) is 41.5 Å². The maximum atomic E-state index is 13.5. The van der Waals surface area contributed by atoms with Gasteiger partial charge in [0.1, 0.15) is 5.82 Å². The van der Waals surface area contributed by atoms with Crippen LogP contribution in [0.2, 0.25) is 0 Å². The number of carbonyl (C=O) groups is 1. The van der Waals surface area contributed by atoms with Crippen LogP contribution in [0.15, 0.2) is 54.7 Å². The first-order valence-electron chi connectivity index (χ1n) is 11.3. The molecule has 2 N–H and O–H groups in total. The number of hydrogen-bond acceptors (Lipinski definition) is 2. The number of nitrogens with one attached hydrogen (secondary N) is 2. The fraction of sp³-hybridized carbons (Fsp3) is 0.423. The van der Waals surface area contributed by atoms with E-state index in [2.05, 4.69) is 42.0 Å². The standard InChI is InChI=1S/C26H34FN3O/c1-4-30(5-2)16-8-9-19(3)29-26(31)17-23(20-12-14-21(27)15-13-20)24-18-28-25-11-7-6-10-22(24)25/h6-7,10-15,18-19,23,28H,4-5,8-9,16-17H2,1-3H3,(H,29,31). The molecule has 31 heavy (non-hydrogen) atoms. The monoisotopic (exact) mass is 423 g/mol. The van der Waals surface area contributed by atoms with E-state index in [1.807, 2.05) is 24.4 Å². The summed E-state index contributed by atoms with van der Waals surface area (Å²) in [7, 11) is 0. The van der Waals surface area contributed by atoms with Gasteiger partial charge in [0.25, 0.3) is 0 Å². The molecule has 2 atom stereocenters. The number of benzene rings is 2. The predicted octanol–water partition coefficient (Wildman–Crippen LogP) is 5.46. The van der Waals surface area contributed by atoms with Gasteiger partial charge in [-0.2, -0.15) is 0 Å². The molecule has 0 bridgehead atoms. The van der Waals surface area contributed by atoms with E-state index in [4.69, 9.17) is 0 Å². The van der Waals surface area contributed by atoms with Crippen molar-refractivity contribution >= 4 is 16.8 Å². The average molecular weight is 424 g/mol. The molecule has 0 saturated carbocycles. The van der Waals surface area contributed by atoms with E-state index in [0.717, 1.165) is 54.5 Å². The molecule has 4 nitrogen and oxygen atoms in total. The molecule has 2 aromatic carbocycles. The number of rotatable bonds is 11. The number of hydrogen-bond donors (Lipinski definition) is 2. The second-order valence-electron chi connectivity index (χ2n) is 8.24. The highest BCUT2D eigenvalue weighted by atomic mass is 19.1. The highest BCUT2D eigenvalue weighted by Crippen LogP contribution is 2.33. The van der Waals surface area contributed by atoms with Gasteiger partial charge in [-0.15, -0.1) is 0 Å². The molecule has 0 spiro atoms. The molecular formula is C26H34FN3O. The smallest absolute Gasteiger partial charge is 0.221 e. The van der Waals surface area contributed by atoms with Gasteiger partial charge in [-0.1, -0.05) is 44.2 Å².